The topological polar surface area (TPSA) is 119 Å². The van der Waals surface area contributed by atoms with Gasteiger partial charge in [-0.15, -0.1) is 0 Å². The molecule has 0 aliphatic rings. The van der Waals surface area contributed by atoms with Crippen LogP contribution in [-0.2, 0) is 4.79 Å². The van der Waals surface area contributed by atoms with Crippen molar-refractivity contribution in [3.8, 4) is 17.3 Å². The summed E-state index contributed by atoms with van der Waals surface area (Å²) < 4.78 is 45.2. The van der Waals surface area contributed by atoms with Crippen LogP contribution in [0.25, 0.3) is 11.3 Å². The zero-order valence-electron chi connectivity index (χ0n) is 16.2. The maximum absolute atomic E-state index is 13.4. The van der Waals surface area contributed by atoms with Crippen molar-refractivity contribution < 1.29 is 32.6 Å². The smallest absolute Gasteiger partial charge is 0.475 e. The van der Waals surface area contributed by atoms with Crippen molar-refractivity contribution in [3.63, 3.8) is 0 Å². The van der Waals surface area contributed by atoms with Gasteiger partial charge in [0.05, 0.1) is 17.4 Å². The van der Waals surface area contributed by atoms with E-state index in [0.717, 1.165) is 5.56 Å². The lowest BCUT2D eigenvalue weighted by atomic mass is 10.1. The number of aliphatic hydroxyl groups is 1. The van der Waals surface area contributed by atoms with Gasteiger partial charge in [0.15, 0.2) is 0 Å². The normalized spacial score (nSPS) is 11.5. The molecule has 0 fully saturated rings. The molecule has 3 rings (SSSR count). The summed E-state index contributed by atoms with van der Waals surface area (Å²) in [5.41, 5.74) is 1.95. The summed E-state index contributed by atoms with van der Waals surface area (Å²) in [6.45, 7) is 0.285. The summed E-state index contributed by atoms with van der Waals surface area (Å²) in [4.78, 5) is 17.2. The van der Waals surface area contributed by atoms with Gasteiger partial charge in [0.1, 0.15) is 24.0 Å². The number of anilines is 1. The Bertz CT molecular complexity index is 1100. The fraction of sp³-hybridized carbons (Fsp3) is 0.143. The number of nitrogens with zero attached hydrogens (tertiary/aromatic N) is 3. The maximum Gasteiger partial charge on any atom is 0.490 e. The fourth-order valence-electron chi connectivity index (χ4n) is 2.38. The fourth-order valence-corrected chi connectivity index (χ4v) is 2.38. The van der Waals surface area contributed by atoms with E-state index in [0.29, 0.717) is 17.1 Å². The molecule has 11 heteroatoms. The Balaban J connectivity index is 0.000000451. The molecule has 0 bridgehead atoms. The minimum atomic E-state index is -5.08. The molecule has 166 valence electrons. The second kappa shape index (κ2) is 10.8. The molecule has 1 heterocycles. The lowest BCUT2D eigenvalue weighted by Crippen LogP contribution is -2.21. The number of nitriles is 1. The van der Waals surface area contributed by atoms with Crippen LogP contribution >= 0.6 is 0 Å². The van der Waals surface area contributed by atoms with Gasteiger partial charge in [-0.05, 0) is 23.8 Å². The van der Waals surface area contributed by atoms with Crippen molar-refractivity contribution in [2.45, 2.75) is 12.3 Å². The monoisotopic (exact) mass is 448 g/mol. The Morgan fingerprint density at radius 3 is 2.38 bits per heavy atom. The zero-order valence-corrected chi connectivity index (χ0v) is 16.2. The van der Waals surface area contributed by atoms with Gasteiger partial charge in [-0.2, -0.15) is 18.4 Å². The van der Waals surface area contributed by atoms with Gasteiger partial charge >= 0.3 is 12.1 Å². The van der Waals surface area contributed by atoms with Crippen LogP contribution in [0.3, 0.4) is 0 Å². The molecule has 0 radical (unpaired) electrons. The predicted octanol–water partition coefficient (Wildman–Crippen LogP) is 3.93. The third-order valence-corrected chi connectivity index (χ3v) is 3.95. The Hall–Kier alpha value is -4.04. The van der Waals surface area contributed by atoms with Crippen LogP contribution in [0.5, 0.6) is 0 Å². The van der Waals surface area contributed by atoms with Crippen molar-refractivity contribution in [2.75, 3.05) is 11.9 Å². The van der Waals surface area contributed by atoms with Crippen LogP contribution in [-0.4, -0.2) is 38.9 Å². The molecule has 0 amide bonds. The molecular weight excluding hydrogens is 432 g/mol. The summed E-state index contributed by atoms with van der Waals surface area (Å²) in [6, 6.07) is 17.0. The number of carbonyl (C=O) groups is 1. The molecule has 32 heavy (non-hydrogen) atoms. The van der Waals surface area contributed by atoms with E-state index in [9.17, 15) is 22.7 Å². The highest BCUT2D eigenvalue weighted by molar-refractivity contribution is 5.73. The van der Waals surface area contributed by atoms with E-state index in [1.807, 2.05) is 36.4 Å². The standard InChI is InChI=1S/C19H15FN4O.C2HF3O2/c20-16-7-6-14(8-15(16)10-21)17-9-19(24-12-23-17)22-11-18(25)13-4-2-1-3-5-13;3-2(4,5)1(6)7/h1-9,12,18,25H,11H2,(H,22,23,24);(H,6,7)/t18-;/m0./s1. The molecule has 0 unspecified atom stereocenters. The Labute approximate surface area is 179 Å². The molecule has 1 atom stereocenters. The zero-order chi connectivity index (χ0) is 23.7. The number of alkyl halides is 3. The average Bonchev–Trinajstić information content (AvgIpc) is 2.78. The number of rotatable bonds is 5. The van der Waals surface area contributed by atoms with Gasteiger partial charge in [-0.1, -0.05) is 30.3 Å². The number of aliphatic hydroxyl groups excluding tert-OH is 1. The summed E-state index contributed by atoms with van der Waals surface area (Å²) in [5.74, 6) is -2.79. The maximum atomic E-state index is 13.4. The number of carboxylic acids is 1. The third-order valence-electron chi connectivity index (χ3n) is 3.95. The Morgan fingerprint density at radius 1 is 1.12 bits per heavy atom. The van der Waals surface area contributed by atoms with Gasteiger partial charge in [0.2, 0.25) is 0 Å². The van der Waals surface area contributed by atoms with Crippen molar-refractivity contribution >= 4 is 11.8 Å². The van der Waals surface area contributed by atoms with E-state index in [1.165, 1.54) is 18.5 Å². The molecule has 0 saturated carbocycles. The van der Waals surface area contributed by atoms with Gasteiger partial charge in [0, 0.05) is 18.2 Å². The van der Waals surface area contributed by atoms with Crippen LogP contribution in [0.15, 0.2) is 60.9 Å². The molecule has 0 spiro atoms. The lowest BCUT2D eigenvalue weighted by molar-refractivity contribution is -0.192. The number of halogens is 4. The first-order valence-corrected chi connectivity index (χ1v) is 8.91. The second-order valence-electron chi connectivity index (χ2n) is 6.21. The number of hydrogen-bond acceptors (Lipinski definition) is 6. The highest BCUT2D eigenvalue weighted by Gasteiger charge is 2.38. The van der Waals surface area contributed by atoms with E-state index < -0.39 is 24.1 Å². The molecular formula is C21H16F4N4O3. The summed E-state index contributed by atoms with van der Waals surface area (Å²) in [7, 11) is 0. The van der Waals surface area contributed by atoms with E-state index in [4.69, 9.17) is 15.2 Å². The number of nitrogens with one attached hydrogen (secondary N) is 1. The molecule has 0 aliphatic carbocycles. The van der Waals surface area contributed by atoms with E-state index in [2.05, 4.69) is 15.3 Å². The number of aromatic nitrogens is 2. The van der Waals surface area contributed by atoms with E-state index in [1.54, 1.807) is 12.1 Å². The van der Waals surface area contributed by atoms with E-state index in [-0.39, 0.29) is 12.1 Å². The van der Waals surface area contributed by atoms with Crippen LogP contribution in [0.4, 0.5) is 23.4 Å². The molecule has 2 aromatic carbocycles. The minimum Gasteiger partial charge on any atom is -0.475 e. The lowest BCUT2D eigenvalue weighted by Gasteiger charge is -2.13. The van der Waals surface area contributed by atoms with E-state index >= 15 is 0 Å². The van der Waals surface area contributed by atoms with Crippen molar-refractivity contribution in [2.24, 2.45) is 0 Å². The van der Waals surface area contributed by atoms with Crippen molar-refractivity contribution in [1.29, 1.82) is 5.26 Å². The first kappa shape index (κ1) is 24.2. The minimum absolute atomic E-state index is 0.0369. The average molecular weight is 448 g/mol. The van der Waals surface area contributed by atoms with Crippen LogP contribution in [0.1, 0.15) is 17.2 Å². The number of hydrogen-bond donors (Lipinski definition) is 3. The molecule has 0 aliphatic heterocycles. The Morgan fingerprint density at radius 2 is 1.78 bits per heavy atom. The highest BCUT2D eigenvalue weighted by atomic mass is 19.4. The molecule has 3 N–H and O–H groups in total. The largest absolute Gasteiger partial charge is 0.490 e. The highest BCUT2D eigenvalue weighted by Crippen LogP contribution is 2.22. The summed E-state index contributed by atoms with van der Waals surface area (Å²) in [5, 5.41) is 29.3. The Kier molecular flexibility index (Phi) is 8.20. The predicted molar refractivity (Wildman–Crippen MR) is 106 cm³/mol. The first-order chi connectivity index (χ1) is 15.1. The quantitative estimate of drug-likeness (QED) is 0.506. The number of benzene rings is 2. The van der Waals surface area contributed by atoms with Crippen molar-refractivity contribution in [1.82, 2.24) is 9.97 Å². The summed E-state index contributed by atoms with van der Waals surface area (Å²) >= 11 is 0. The van der Waals surface area contributed by atoms with Crippen molar-refractivity contribution in [3.05, 3.63) is 77.9 Å². The number of aliphatic carboxylic acids is 1. The molecule has 7 nitrogen and oxygen atoms in total. The molecule has 0 saturated heterocycles. The van der Waals surface area contributed by atoms with Gasteiger partial charge in [-0.3, -0.25) is 0 Å². The third kappa shape index (κ3) is 7.03. The SMILES string of the molecule is N#Cc1cc(-c2cc(NC[C@H](O)c3ccccc3)ncn2)ccc1F.O=C(O)C(F)(F)F. The molecule has 3 aromatic rings. The van der Waals surface area contributed by atoms with Gasteiger partial charge in [-0.25, -0.2) is 19.2 Å². The van der Waals surface area contributed by atoms with Crippen LogP contribution in [0.2, 0.25) is 0 Å². The van der Waals surface area contributed by atoms with Crippen LogP contribution in [0, 0.1) is 17.1 Å². The van der Waals surface area contributed by atoms with Gasteiger partial charge < -0.3 is 15.5 Å². The van der Waals surface area contributed by atoms with Gasteiger partial charge in [0.25, 0.3) is 0 Å². The second-order valence-corrected chi connectivity index (χ2v) is 6.21. The first-order valence-electron chi connectivity index (χ1n) is 8.91. The van der Waals surface area contributed by atoms with Crippen LogP contribution < -0.4 is 5.32 Å². The number of carboxylic acid groups (broad SMARTS) is 1. The summed E-state index contributed by atoms with van der Waals surface area (Å²) in [6.07, 6.45) is -4.38. The molecule has 1 aromatic heterocycles.